The molecule has 0 bridgehead atoms. The highest BCUT2D eigenvalue weighted by Gasteiger charge is 2.33. The van der Waals surface area contributed by atoms with Gasteiger partial charge in [-0.05, 0) is 42.1 Å². The topological polar surface area (TPSA) is 49.4 Å². The molecule has 0 aromatic heterocycles. The van der Waals surface area contributed by atoms with Crippen molar-refractivity contribution in [3.8, 4) is 0 Å². The molecule has 0 spiro atoms. The van der Waals surface area contributed by atoms with Gasteiger partial charge in [0.25, 0.3) is 11.8 Å². The van der Waals surface area contributed by atoms with Crippen LogP contribution in [0.2, 0.25) is 5.02 Å². The number of nitrogens with one attached hydrogen (secondary N) is 1. The van der Waals surface area contributed by atoms with Crippen LogP contribution in [0.3, 0.4) is 0 Å². The molecule has 1 heterocycles. The molecule has 0 aliphatic carbocycles. The maximum absolute atomic E-state index is 12.5. The average molecular weight is 375 g/mol. The van der Waals surface area contributed by atoms with Crippen LogP contribution >= 0.6 is 35.6 Å². The highest BCUT2D eigenvalue weighted by molar-refractivity contribution is 8.26. The molecule has 0 radical (unpaired) electrons. The van der Waals surface area contributed by atoms with Crippen LogP contribution in [0.25, 0.3) is 6.08 Å². The summed E-state index contributed by atoms with van der Waals surface area (Å²) in [5.41, 5.74) is 3.76. The van der Waals surface area contributed by atoms with Crippen LogP contribution in [-0.2, 0) is 4.79 Å². The predicted octanol–water partition coefficient (Wildman–Crippen LogP) is 3.89. The minimum atomic E-state index is -0.449. The van der Waals surface area contributed by atoms with Gasteiger partial charge in [-0.25, -0.2) is 0 Å². The molecular formula is C17H11ClN2O2S2. The van der Waals surface area contributed by atoms with E-state index in [0.29, 0.717) is 15.5 Å². The lowest BCUT2D eigenvalue weighted by atomic mass is 10.2. The number of hydrogen-bond donors (Lipinski definition) is 1. The number of benzene rings is 2. The van der Waals surface area contributed by atoms with E-state index in [1.54, 1.807) is 24.3 Å². The highest BCUT2D eigenvalue weighted by Crippen LogP contribution is 2.31. The molecule has 1 saturated heterocycles. The second-order valence-electron chi connectivity index (χ2n) is 4.88. The van der Waals surface area contributed by atoms with E-state index in [1.165, 1.54) is 6.07 Å². The fourth-order valence-electron chi connectivity index (χ4n) is 2.06. The van der Waals surface area contributed by atoms with Crippen molar-refractivity contribution in [1.82, 2.24) is 10.4 Å². The summed E-state index contributed by atoms with van der Waals surface area (Å²) >= 11 is 12.2. The summed E-state index contributed by atoms with van der Waals surface area (Å²) in [6.07, 6.45) is 1.74. The van der Waals surface area contributed by atoms with Crippen LogP contribution in [0.1, 0.15) is 15.9 Å². The standard InChI is InChI=1S/C17H11ClN2O2S2/c18-13-8-4-7-12(10-13)15(21)19-20-16(22)14(24-17(20)23)9-11-5-2-1-3-6-11/h1-10H,(H,19,21)/b14-9-. The van der Waals surface area contributed by atoms with Gasteiger partial charge in [0.1, 0.15) is 0 Å². The molecule has 1 N–H and O–H groups in total. The summed E-state index contributed by atoms with van der Waals surface area (Å²) in [6.45, 7) is 0. The molecule has 0 saturated carbocycles. The van der Waals surface area contributed by atoms with E-state index >= 15 is 0 Å². The lowest BCUT2D eigenvalue weighted by molar-refractivity contribution is -0.123. The first kappa shape index (κ1) is 16.7. The Morgan fingerprint density at radius 2 is 1.92 bits per heavy atom. The number of amides is 2. The normalized spacial score (nSPS) is 15.9. The zero-order valence-electron chi connectivity index (χ0n) is 12.2. The number of thiocarbonyl (C=S) groups is 1. The summed E-state index contributed by atoms with van der Waals surface area (Å²) in [6, 6.07) is 15.9. The van der Waals surface area contributed by atoms with Crippen molar-refractivity contribution in [2.24, 2.45) is 0 Å². The van der Waals surface area contributed by atoms with E-state index < -0.39 is 5.91 Å². The van der Waals surface area contributed by atoms with Gasteiger partial charge < -0.3 is 0 Å². The van der Waals surface area contributed by atoms with Crippen LogP contribution in [0, 0.1) is 0 Å². The van der Waals surface area contributed by atoms with E-state index in [1.807, 2.05) is 30.3 Å². The van der Waals surface area contributed by atoms with E-state index in [0.717, 1.165) is 22.3 Å². The van der Waals surface area contributed by atoms with Crippen LogP contribution in [0.4, 0.5) is 0 Å². The molecular weight excluding hydrogens is 364 g/mol. The molecule has 2 amide bonds. The van der Waals surface area contributed by atoms with E-state index in [-0.39, 0.29) is 10.2 Å². The van der Waals surface area contributed by atoms with E-state index in [2.05, 4.69) is 5.43 Å². The quantitative estimate of drug-likeness (QED) is 0.654. The Labute approximate surface area is 153 Å². The third-order valence-electron chi connectivity index (χ3n) is 3.19. The van der Waals surface area contributed by atoms with Crippen molar-refractivity contribution in [3.05, 3.63) is 75.7 Å². The van der Waals surface area contributed by atoms with Gasteiger partial charge >= 0.3 is 0 Å². The monoisotopic (exact) mass is 374 g/mol. The minimum absolute atomic E-state index is 0.276. The second kappa shape index (κ2) is 7.17. The molecule has 0 unspecified atom stereocenters. The number of nitrogens with zero attached hydrogens (tertiary/aromatic N) is 1. The van der Waals surface area contributed by atoms with Crippen LogP contribution in [0.5, 0.6) is 0 Å². The molecule has 120 valence electrons. The number of hydrogen-bond acceptors (Lipinski definition) is 4. The van der Waals surface area contributed by atoms with Crippen LogP contribution in [-0.4, -0.2) is 21.1 Å². The minimum Gasteiger partial charge on any atom is -0.267 e. The Bertz CT molecular complexity index is 853. The van der Waals surface area contributed by atoms with Crippen molar-refractivity contribution in [2.75, 3.05) is 0 Å². The summed E-state index contributed by atoms with van der Waals surface area (Å²) in [5.74, 6) is -0.806. The molecule has 0 atom stereocenters. The zero-order valence-corrected chi connectivity index (χ0v) is 14.6. The molecule has 1 fully saturated rings. The first-order chi connectivity index (χ1) is 11.5. The SMILES string of the molecule is O=C(NN1C(=O)/C(=C/c2ccccc2)SC1=S)c1cccc(Cl)c1. The van der Waals surface area contributed by atoms with Gasteiger partial charge in [0, 0.05) is 10.6 Å². The first-order valence-corrected chi connectivity index (χ1v) is 8.54. The Kier molecular flexibility index (Phi) is 4.99. The van der Waals surface area contributed by atoms with Gasteiger partial charge in [0.15, 0.2) is 4.32 Å². The molecule has 1 aliphatic heterocycles. The fraction of sp³-hybridized carbons (Fsp3) is 0. The largest absolute Gasteiger partial charge is 0.285 e. The third kappa shape index (κ3) is 3.67. The van der Waals surface area contributed by atoms with Gasteiger partial charge in [-0.3, -0.25) is 15.0 Å². The van der Waals surface area contributed by atoms with Crippen molar-refractivity contribution < 1.29 is 9.59 Å². The Hall–Kier alpha value is -2.15. The van der Waals surface area contributed by atoms with Gasteiger partial charge in [-0.2, -0.15) is 5.01 Å². The third-order valence-corrected chi connectivity index (χ3v) is 4.73. The first-order valence-electron chi connectivity index (χ1n) is 6.94. The van der Waals surface area contributed by atoms with E-state index in [9.17, 15) is 9.59 Å². The molecule has 7 heteroatoms. The number of carbonyl (C=O) groups excluding carboxylic acids is 2. The summed E-state index contributed by atoms with van der Waals surface area (Å²) < 4.78 is 0.276. The number of halogens is 1. The zero-order chi connectivity index (χ0) is 17.1. The second-order valence-corrected chi connectivity index (χ2v) is 6.99. The highest BCUT2D eigenvalue weighted by atomic mass is 35.5. The van der Waals surface area contributed by atoms with Crippen molar-refractivity contribution >= 4 is 57.8 Å². The lowest BCUT2D eigenvalue weighted by Crippen LogP contribution is -2.44. The average Bonchev–Trinajstić information content (AvgIpc) is 2.83. The lowest BCUT2D eigenvalue weighted by Gasteiger charge is -2.15. The predicted molar refractivity (Wildman–Crippen MR) is 100 cm³/mol. The van der Waals surface area contributed by atoms with Gasteiger partial charge in [0.05, 0.1) is 4.91 Å². The number of hydrazine groups is 1. The van der Waals surface area contributed by atoms with Crippen molar-refractivity contribution in [1.29, 1.82) is 0 Å². The maximum Gasteiger partial charge on any atom is 0.285 e. The Morgan fingerprint density at radius 3 is 2.62 bits per heavy atom. The Balaban J connectivity index is 1.77. The molecule has 1 aliphatic rings. The maximum atomic E-state index is 12.5. The van der Waals surface area contributed by atoms with Gasteiger partial charge in [-0.15, -0.1) is 0 Å². The van der Waals surface area contributed by atoms with Crippen molar-refractivity contribution in [3.63, 3.8) is 0 Å². The van der Waals surface area contributed by atoms with Crippen molar-refractivity contribution in [2.45, 2.75) is 0 Å². The van der Waals surface area contributed by atoms with Gasteiger partial charge in [-0.1, -0.05) is 59.8 Å². The summed E-state index contributed by atoms with van der Waals surface area (Å²) in [4.78, 5) is 25.2. The molecule has 4 nitrogen and oxygen atoms in total. The summed E-state index contributed by atoms with van der Waals surface area (Å²) in [7, 11) is 0. The Morgan fingerprint density at radius 1 is 1.17 bits per heavy atom. The smallest absolute Gasteiger partial charge is 0.267 e. The molecule has 2 aromatic carbocycles. The molecule has 3 rings (SSSR count). The number of thioether (sulfide) groups is 1. The molecule has 2 aromatic rings. The van der Waals surface area contributed by atoms with E-state index in [4.69, 9.17) is 23.8 Å². The van der Waals surface area contributed by atoms with Crippen LogP contribution in [0.15, 0.2) is 59.5 Å². The van der Waals surface area contributed by atoms with Crippen LogP contribution < -0.4 is 5.43 Å². The fourth-order valence-corrected chi connectivity index (χ4v) is 3.43. The van der Waals surface area contributed by atoms with Gasteiger partial charge in [0.2, 0.25) is 0 Å². The molecule has 24 heavy (non-hydrogen) atoms. The number of rotatable bonds is 3. The number of carbonyl (C=O) groups is 2. The summed E-state index contributed by atoms with van der Waals surface area (Å²) in [5, 5.41) is 1.52.